The van der Waals surface area contributed by atoms with E-state index in [4.69, 9.17) is 10.2 Å². The van der Waals surface area contributed by atoms with Crippen molar-refractivity contribution in [1.82, 2.24) is 9.80 Å². The molecule has 130 valence electrons. The highest BCUT2D eigenvalue weighted by molar-refractivity contribution is 5.91. The summed E-state index contributed by atoms with van der Waals surface area (Å²) in [5, 5.41) is 0. The second kappa shape index (κ2) is 10.3. The molecule has 7 heteroatoms. The summed E-state index contributed by atoms with van der Waals surface area (Å²) in [5.74, 6) is 0.455. The Labute approximate surface area is 143 Å². The Kier molecular flexibility index (Phi) is 8.73. The Hall–Kier alpha value is -1.53. The second-order valence-electron chi connectivity index (χ2n) is 5.60. The van der Waals surface area contributed by atoms with E-state index in [1.165, 1.54) is 6.26 Å². The molecule has 1 saturated heterocycles. The first-order valence-corrected chi connectivity index (χ1v) is 8.03. The van der Waals surface area contributed by atoms with Gasteiger partial charge in [-0.2, -0.15) is 0 Å². The van der Waals surface area contributed by atoms with Crippen molar-refractivity contribution >= 4 is 24.2 Å². The van der Waals surface area contributed by atoms with E-state index in [2.05, 4.69) is 0 Å². The number of amides is 2. The summed E-state index contributed by atoms with van der Waals surface area (Å²) in [5.41, 5.74) is 5.45. The summed E-state index contributed by atoms with van der Waals surface area (Å²) in [6.07, 6.45) is 6.19. The number of rotatable bonds is 7. The number of unbranched alkanes of at least 4 members (excludes halogenated alkanes) is 3. The van der Waals surface area contributed by atoms with Crippen LogP contribution in [0.3, 0.4) is 0 Å². The molecule has 1 aromatic heterocycles. The molecule has 0 aliphatic carbocycles. The lowest BCUT2D eigenvalue weighted by molar-refractivity contribution is -0.132. The summed E-state index contributed by atoms with van der Waals surface area (Å²) in [7, 11) is 0. The smallest absolute Gasteiger partial charge is 0.289 e. The Balaban J connectivity index is 0.00000264. The molecule has 0 aromatic carbocycles. The van der Waals surface area contributed by atoms with Crippen LogP contribution in [0.4, 0.5) is 0 Å². The molecule has 2 rings (SSSR count). The first-order chi connectivity index (χ1) is 10.7. The third-order valence-corrected chi connectivity index (χ3v) is 4.00. The second-order valence-corrected chi connectivity index (χ2v) is 5.60. The molecule has 1 aromatic rings. The Morgan fingerprint density at radius 3 is 2.30 bits per heavy atom. The van der Waals surface area contributed by atoms with Crippen molar-refractivity contribution in [2.75, 3.05) is 32.7 Å². The van der Waals surface area contributed by atoms with Gasteiger partial charge in [0.05, 0.1) is 6.26 Å². The Morgan fingerprint density at radius 2 is 1.70 bits per heavy atom. The molecule has 0 atom stereocenters. The van der Waals surface area contributed by atoms with Gasteiger partial charge < -0.3 is 20.0 Å². The average Bonchev–Trinajstić information content (AvgIpc) is 3.08. The fourth-order valence-electron chi connectivity index (χ4n) is 2.65. The van der Waals surface area contributed by atoms with Gasteiger partial charge in [0.2, 0.25) is 5.91 Å². The predicted molar refractivity (Wildman–Crippen MR) is 90.6 cm³/mol. The van der Waals surface area contributed by atoms with Crippen LogP contribution < -0.4 is 5.73 Å². The predicted octanol–water partition coefficient (Wildman–Crippen LogP) is 1.90. The number of nitrogens with zero attached hydrogens (tertiary/aromatic N) is 2. The molecule has 1 aliphatic heterocycles. The first kappa shape index (κ1) is 19.5. The van der Waals surface area contributed by atoms with Crippen LogP contribution in [-0.4, -0.2) is 54.3 Å². The lowest BCUT2D eigenvalue weighted by Gasteiger charge is -2.34. The maximum absolute atomic E-state index is 12.1. The fourth-order valence-corrected chi connectivity index (χ4v) is 2.65. The molecular weight excluding hydrogens is 318 g/mol. The largest absolute Gasteiger partial charge is 0.459 e. The maximum Gasteiger partial charge on any atom is 0.289 e. The molecule has 0 unspecified atom stereocenters. The quantitative estimate of drug-likeness (QED) is 0.767. The van der Waals surface area contributed by atoms with Crippen LogP contribution in [0.5, 0.6) is 0 Å². The fraction of sp³-hybridized carbons (Fsp3) is 0.625. The minimum atomic E-state index is -0.0983. The van der Waals surface area contributed by atoms with Gasteiger partial charge in [-0.05, 0) is 31.5 Å². The number of piperazine rings is 1. The van der Waals surface area contributed by atoms with Crippen molar-refractivity contribution in [3.05, 3.63) is 24.2 Å². The minimum absolute atomic E-state index is 0. The normalized spacial score (nSPS) is 14.5. The van der Waals surface area contributed by atoms with Gasteiger partial charge in [-0.3, -0.25) is 9.59 Å². The highest BCUT2D eigenvalue weighted by atomic mass is 35.5. The van der Waals surface area contributed by atoms with Crippen LogP contribution >= 0.6 is 12.4 Å². The number of hydrogen-bond donors (Lipinski definition) is 1. The van der Waals surface area contributed by atoms with Crippen LogP contribution in [-0.2, 0) is 4.79 Å². The standard InChI is InChI=1S/C16H25N3O3.ClH/c17-8-4-2-1-3-7-15(20)18-9-11-19(12-10-18)16(21)14-6-5-13-22-14;/h5-6,13H,1-4,7-12,17H2;1H. The van der Waals surface area contributed by atoms with Crippen molar-refractivity contribution in [3.63, 3.8) is 0 Å². The zero-order valence-electron chi connectivity index (χ0n) is 13.4. The van der Waals surface area contributed by atoms with E-state index < -0.39 is 0 Å². The minimum Gasteiger partial charge on any atom is -0.459 e. The van der Waals surface area contributed by atoms with Gasteiger partial charge in [-0.1, -0.05) is 12.8 Å². The lowest BCUT2D eigenvalue weighted by atomic mass is 10.1. The number of halogens is 1. The van der Waals surface area contributed by atoms with Gasteiger partial charge >= 0.3 is 0 Å². The van der Waals surface area contributed by atoms with E-state index in [9.17, 15) is 9.59 Å². The number of carbonyl (C=O) groups is 2. The van der Waals surface area contributed by atoms with Crippen LogP contribution in [0, 0.1) is 0 Å². The summed E-state index contributed by atoms with van der Waals surface area (Å²) < 4.78 is 5.13. The molecular formula is C16H26ClN3O3. The van der Waals surface area contributed by atoms with E-state index in [-0.39, 0.29) is 24.2 Å². The summed E-state index contributed by atoms with van der Waals surface area (Å²) in [6.45, 7) is 3.07. The SMILES string of the molecule is Cl.NCCCCCCC(=O)N1CCN(C(=O)c2ccco2)CC1. The van der Waals surface area contributed by atoms with E-state index in [0.29, 0.717) is 38.4 Å². The number of carbonyl (C=O) groups excluding carboxylic acids is 2. The van der Waals surface area contributed by atoms with Crippen LogP contribution in [0.1, 0.15) is 42.7 Å². The van der Waals surface area contributed by atoms with Crippen molar-refractivity contribution in [1.29, 1.82) is 0 Å². The molecule has 2 amide bonds. The van der Waals surface area contributed by atoms with Gasteiger partial charge in [0.1, 0.15) is 0 Å². The van der Waals surface area contributed by atoms with E-state index in [0.717, 1.165) is 32.2 Å². The third-order valence-electron chi connectivity index (χ3n) is 4.00. The topological polar surface area (TPSA) is 79.8 Å². The van der Waals surface area contributed by atoms with Crippen molar-refractivity contribution in [2.24, 2.45) is 5.73 Å². The molecule has 6 nitrogen and oxygen atoms in total. The zero-order valence-corrected chi connectivity index (χ0v) is 14.2. The van der Waals surface area contributed by atoms with E-state index in [1.807, 2.05) is 4.90 Å². The van der Waals surface area contributed by atoms with Crippen LogP contribution in [0.2, 0.25) is 0 Å². The molecule has 2 N–H and O–H groups in total. The maximum atomic E-state index is 12.1. The van der Waals surface area contributed by atoms with Crippen molar-refractivity contribution < 1.29 is 14.0 Å². The third kappa shape index (κ3) is 5.88. The number of nitrogens with two attached hydrogens (primary N) is 1. The molecule has 1 fully saturated rings. The molecule has 0 spiro atoms. The van der Waals surface area contributed by atoms with Gasteiger partial charge in [-0.25, -0.2) is 0 Å². The first-order valence-electron chi connectivity index (χ1n) is 8.03. The molecule has 0 bridgehead atoms. The van der Waals surface area contributed by atoms with Crippen LogP contribution in [0.15, 0.2) is 22.8 Å². The van der Waals surface area contributed by atoms with Crippen molar-refractivity contribution in [3.8, 4) is 0 Å². The monoisotopic (exact) mass is 343 g/mol. The van der Waals surface area contributed by atoms with Gasteiger partial charge in [0.15, 0.2) is 5.76 Å². The van der Waals surface area contributed by atoms with E-state index >= 15 is 0 Å². The van der Waals surface area contributed by atoms with Crippen LogP contribution in [0.25, 0.3) is 0 Å². The average molecular weight is 344 g/mol. The highest BCUT2D eigenvalue weighted by Gasteiger charge is 2.25. The van der Waals surface area contributed by atoms with Gasteiger partial charge in [0.25, 0.3) is 5.91 Å². The zero-order chi connectivity index (χ0) is 15.8. The molecule has 23 heavy (non-hydrogen) atoms. The molecule has 2 heterocycles. The lowest BCUT2D eigenvalue weighted by Crippen LogP contribution is -2.50. The Morgan fingerprint density at radius 1 is 1.04 bits per heavy atom. The molecule has 0 saturated carbocycles. The molecule has 1 aliphatic rings. The highest BCUT2D eigenvalue weighted by Crippen LogP contribution is 2.11. The van der Waals surface area contributed by atoms with Gasteiger partial charge in [0, 0.05) is 32.6 Å². The Bertz CT molecular complexity index is 471. The molecule has 0 radical (unpaired) electrons. The summed E-state index contributed by atoms with van der Waals surface area (Å²) in [6, 6.07) is 3.37. The van der Waals surface area contributed by atoms with E-state index in [1.54, 1.807) is 17.0 Å². The van der Waals surface area contributed by atoms with Gasteiger partial charge in [-0.15, -0.1) is 12.4 Å². The summed E-state index contributed by atoms with van der Waals surface area (Å²) >= 11 is 0. The number of hydrogen-bond acceptors (Lipinski definition) is 4. The summed E-state index contributed by atoms with van der Waals surface area (Å²) in [4.78, 5) is 27.8. The number of furan rings is 1. The van der Waals surface area contributed by atoms with Crippen molar-refractivity contribution in [2.45, 2.75) is 32.1 Å².